The maximum atomic E-state index is 11.9. The van der Waals surface area contributed by atoms with Gasteiger partial charge in [0.15, 0.2) is 6.61 Å². The van der Waals surface area contributed by atoms with Crippen molar-refractivity contribution in [3.05, 3.63) is 42.6 Å². The van der Waals surface area contributed by atoms with E-state index >= 15 is 0 Å². The van der Waals surface area contributed by atoms with E-state index in [1.54, 1.807) is 49.7 Å². The quantitative estimate of drug-likeness (QED) is 0.881. The SMILES string of the molecule is COc1ccc(NC(=O)COc2ccccn2)c(OC)c1. The molecular formula is C15H16N2O4. The van der Waals surface area contributed by atoms with Gasteiger partial charge in [-0.2, -0.15) is 0 Å². The number of ether oxygens (including phenoxy) is 3. The summed E-state index contributed by atoms with van der Waals surface area (Å²) in [7, 11) is 3.09. The minimum absolute atomic E-state index is 0.133. The number of hydrogen-bond acceptors (Lipinski definition) is 5. The number of pyridine rings is 1. The van der Waals surface area contributed by atoms with Crippen molar-refractivity contribution in [1.29, 1.82) is 0 Å². The van der Waals surface area contributed by atoms with E-state index in [1.807, 2.05) is 0 Å². The molecule has 0 spiro atoms. The van der Waals surface area contributed by atoms with Crippen LogP contribution in [0.5, 0.6) is 17.4 Å². The molecule has 0 unspecified atom stereocenters. The van der Waals surface area contributed by atoms with E-state index in [0.29, 0.717) is 23.1 Å². The molecule has 1 N–H and O–H groups in total. The Labute approximate surface area is 122 Å². The Hall–Kier alpha value is -2.76. The maximum absolute atomic E-state index is 11.9. The lowest BCUT2D eigenvalue weighted by atomic mass is 10.2. The summed E-state index contributed by atoms with van der Waals surface area (Å²) >= 11 is 0. The first-order chi connectivity index (χ1) is 10.2. The number of nitrogens with one attached hydrogen (secondary N) is 1. The number of benzene rings is 1. The molecule has 0 aliphatic rings. The van der Waals surface area contributed by atoms with Crippen LogP contribution in [-0.4, -0.2) is 31.7 Å². The molecule has 21 heavy (non-hydrogen) atoms. The second-order valence-electron chi connectivity index (χ2n) is 4.07. The van der Waals surface area contributed by atoms with E-state index in [1.165, 1.54) is 7.11 Å². The number of methoxy groups -OCH3 is 2. The molecule has 0 atom stereocenters. The predicted octanol–water partition coefficient (Wildman–Crippen LogP) is 2.12. The number of hydrogen-bond donors (Lipinski definition) is 1. The number of rotatable bonds is 6. The molecule has 110 valence electrons. The third-order valence-corrected chi connectivity index (χ3v) is 2.67. The summed E-state index contributed by atoms with van der Waals surface area (Å²) in [5.74, 6) is 1.26. The highest BCUT2D eigenvalue weighted by Gasteiger charge is 2.09. The van der Waals surface area contributed by atoms with Crippen molar-refractivity contribution in [3.63, 3.8) is 0 Å². The van der Waals surface area contributed by atoms with Gasteiger partial charge in [-0.1, -0.05) is 6.07 Å². The van der Waals surface area contributed by atoms with Gasteiger partial charge < -0.3 is 19.5 Å². The molecule has 1 aromatic carbocycles. The van der Waals surface area contributed by atoms with Crippen molar-refractivity contribution < 1.29 is 19.0 Å². The number of aromatic nitrogens is 1. The molecule has 0 fully saturated rings. The van der Waals surface area contributed by atoms with Gasteiger partial charge in [-0.15, -0.1) is 0 Å². The van der Waals surface area contributed by atoms with Crippen LogP contribution in [0.4, 0.5) is 5.69 Å². The molecule has 0 aliphatic carbocycles. The average Bonchev–Trinajstić information content (AvgIpc) is 2.54. The zero-order chi connectivity index (χ0) is 15.1. The summed E-state index contributed by atoms with van der Waals surface area (Å²) in [5, 5.41) is 2.71. The second-order valence-corrected chi connectivity index (χ2v) is 4.07. The molecule has 1 heterocycles. The van der Waals surface area contributed by atoms with Crippen LogP contribution >= 0.6 is 0 Å². The molecule has 1 amide bonds. The van der Waals surface area contributed by atoms with E-state index in [4.69, 9.17) is 14.2 Å². The van der Waals surface area contributed by atoms with Crippen LogP contribution in [0, 0.1) is 0 Å². The van der Waals surface area contributed by atoms with E-state index in [9.17, 15) is 4.79 Å². The fourth-order valence-electron chi connectivity index (χ4n) is 1.66. The molecule has 1 aromatic heterocycles. The molecule has 0 aliphatic heterocycles. The smallest absolute Gasteiger partial charge is 0.262 e. The Morgan fingerprint density at radius 2 is 2.05 bits per heavy atom. The number of amides is 1. The minimum Gasteiger partial charge on any atom is -0.497 e. The zero-order valence-electron chi connectivity index (χ0n) is 11.8. The fraction of sp³-hybridized carbons (Fsp3) is 0.200. The summed E-state index contributed by atoms with van der Waals surface area (Å²) < 4.78 is 15.6. The van der Waals surface area contributed by atoms with Crippen molar-refractivity contribution >= 4 is 11.6 Å². The van der Waals surface area contributed by atoms with Crippen molar-refractivity contribution in [2.24, 2.45) is 0 Å². The standard InChI is InChI=1S/C15H16N2O4/c1-19-11-6-7-12(13(9-11)20-2)17-14(18)10-21-15-5-3-4-8-16-15/h3-9H,10H2,1-2H3,(H,17,18). The van der Waals surface area contributed by atoms with E-state index in [2.05, 4.69) is 10.3 Å². The van der Waals surface area contributed by atoms with Crippen molar-refractivity contribution in [1.82, 2.24) is 4.98 Å². The van der Waals surface area contributed by atoms with Crippen molar-refractivity contribution in [2.45, 2.75) is 0 Å². The Morgan fingerprint density at radius 3 is 2.71 bits per heavy atom. The normalized spacial score (nSPS) is 9.81. The summed E-state index contributed by atoms with van der Waals surface area (Å²) in [6.07, 6.45) is 1.60. The lowest BCUT2D eigenvalue weighted by Gasteiger charge is -2.11. The van der Waals surface area contributed by atoms with Crippen LogP contribution in [0.3, 0.4) is 0 Å². The van der Waals surface area contributed by atoms with Gasteiger partial charge in [0, 0.05) is 18.3 Å². The van der Waals surface area contributed by atoms with Crippen LogP contribution < -0.4 is 19.5 Å². The molecule has 0 bridgehead atoms. The summed E-state index contributed by atoms with van der Waals surface area (Å²) in [4.78, 5) is 15.8. The highest BCUT2D eigenvalue weighted by molar-refractivity contribution is 5.93. The number of anilines is 1. The molecule has 2 aromatic rings. The van der Waals surface area contributed by atoms with E-state index in [0.717, 1.165) is 0 Å². The van der Waals surface area contributed by atoms with Crippen LogP contribution in [-0.2, 0) is 4.79 Å². The maximum Gasteiger partial charge on any atom is 0.262 e. The Balaban J connectivity index is 1.96. The van der Waals surface area contributed by atoms with Gasteiger partial charge in [-0.25, -0.2) is 4.98 Å². The zero-order valence-corrected chi connectivity index (χ0v) is 11.8. The molecule has 2 rings (SSSR count). The second kappa shape index (κ2) is 7.14. The molecule has 6 heteroatoms. The first-order valence-electron chi connectivity index (χ1n) is 6.28. The van der Waals surface area contributed by atoms with Crippen molar-refractivity contribution in [3.8, 4) is 17.4 Å². The molecule has 0 radical (unpaired) electrons. The van der Waals surface area contributed by atoms with E-state index < -0.39 is 0 Å². The van der Waals surface area contributed by atoms with Gasteiger partial charge in [0.05, 0.1) is 19.9 Å². The number of carbonyl (C=O) groups excluding carboxylic acids is 1. The third kappa shape index (κ3) is 4.10. The van der Waals surface area contributed by atoms with Gasteiger partial charge >= 0.3 is 0 Å². The Kier molecular flexibility index (Phi) is 4.98. The van der Waals surface area contributed by atoms with Crippen LogP contribution in [0.1, 0.15) is 0 Å². The Morgan fingerprint density at radius 1 is 1.19 bits per heavy atom. The van der Waals surface area contributed by atoms with Gasteiger partial charge in [0.2, 0.25) is 5.88 Å². The van der Waals surface area contributed by atoms with Crippen LogP contribution in [0.15, 0.2) is 42.6 Å². The highest BCUT2D eigenvalue weighted by Crippen LogP contribution is 2.28. The molecule has 0 saturated carbocycles. The first-order valence-corrected chi connectivity index (χ1v) is 6.28. The van der Waals surface area contributed by atoms with Gasteiger partial charge in [-0.3, -0.25) is 4.79 Å². The van der Waals surface area contributed by atoms with Gasteiger partial charge in [0.1, 0.15) is 11.5 Å². The summed E-state index contributed by atoms with van der Waals surface area (Å²) in [6.45, 7) is -0.133. The highest BCUT2D eigenvalue weighted by atomic mass is 16.5. The minimum atomic E-state index is -0.302. The first kappa shape index (κ1) is 14.6. The summed E-state index contributed by atoms with van der Waals surface area (Å²) in [6, 6.07) is 10.4. The lowest BCUT2D eigenvalue weighted by Crippen LogP contribution is -2.20. The third-order valence-electron chi connectivity index (χ3n) is 2.67. The number of nitrogens with zero attached hydrogens (tertiary/aromatic N) is 1. The van der Waals surface area contributed by atoms with Crippen LogP contribution in [0.25, 0.3) is 0 Å². The molecule has 6 nitrogen and oxygen atoms in total. The fourth-order valence-corrected chi connectivity index (χ4v) is 1.66. The van der Waals surface area contributed by atoms with Gasteiger partial charge in [0.25, 0.3) is 5.91 Å². The largest absolute Gasteiger partial charge is 0.497 e. The number of carbonyl (C=O) groups is 1. The van der Waals surface area contributed by atoms with E-state index in [-0.39, 0.29) is 12.5 Å². The molecular weight excluding hydrogens is 272 g/mol. The van der Waals surface area contributed by atoms with Crippen LogP contribution in [0.2, 0.25) is 0 Å². The van der Waals surface area contributed by atoms with Gasteiger partial charge in [-0.05, 0) is 18.2 Å². The Bertz CT molecular complexity index is 602. The van der Waals surface area contributed by atoms with Crippen molar-refractivity contribution in [2.75, 3.05) is 26.1 Å². The molecule has 0 saturated heterocycles. The topological polar surface area (TPSA) is 69.7 Å². The summed E-state index contributed by atoms with van der Waals surface area (Å²) in [5.41, 5.74) is 0.549. The lowest BCUT2D eigenvalue weighted by molar-refractivity contribution is -0.118. The average molecular weight is 288 g/mol. The predicted molar refractivity (Wildman–Crippen MR) is 77.9 cm³/mol. The monoisotopic (exact) mass is 288 g/mol.